The van der Waals surface area contributed by atoms with Gasteiger partial charge in [0.1, 0.15) is 5.82 Å². The maximum Gasteiger partial charge on any atom is 0.256 e. The lowest BCUT2D eigenvalue weighted by Crippen LogP contribution is -2.41. The van der Waals surface area contributed by atoms with Gasteiger partial charge in [0.25, 0.3) is 5.91 Å². The van der Waals surface area contributed by atoms with Crippen LogP contribution >= 0.6 is 11.6 Å². The summed E-state index contributed by atoms with van der Waals surface area (Å²) in [6.07, 6.45) is 4.42. The molecule has 7 heteroatoms. The van der Waals surface area contributed by atoms with Crippen molar-refractivity contribution in [3.63, 3.8) is 0 Å². The van der Waals surface area contributed by atoms with E-state index >= 15 is 0 Å². The number of piperidine rings is 1. The van der Waals surface area contributed by atoms with Crippen molar-refractivity contribution >= 4 is 50.9 Å². The number of carbonyl (C=O) groups is 2. The summed E-state index contributed by atoms with van der Waals surface area (Å²) in [6.45, 7) is 1.04. The van der Waals surface area contributed by atoms with E-state index in [4.69, 9.17) is 11.6 Å². The van der Waals surface area contributed by atoms with E-state index in [1.165, 1.54) is 6.20 Å². The van der Waals surface area contributed by atoms with Crippen molar-refractivity contribution in [2.45, 2.75) is 12.8 Å². The summed E-state index contributed by atoms with van der Waals surface area (Å²) in [6, 6.07) is 17.2. The zero-order chi connectivity index (χ0) is 22.1. The molecule has 0 radical (unpaired) electrons. The molecule has 160 valence electrons. The van der Waals surface area contributed by atoms with Gasteiger partial charge in [-0.05, 0) is 47.9 Å². The Hall–Kier alpha value is -3.51. The lowest BCUT2D eigenvalue weighted by molar-refractivity contribution is -0.121. The number of aromatic nitrogens is 2. The smallest absolute Gasteiger partial charge is 0.256 e. The van der Waals surface area contributed by atoms with Crippen molar-refractivity contribution in [2.75, 3.05) is 18.4 Å². The highest BCUT2D eigenvalue weighted by molar-refractivity contribution is 6.30. The lowest BCUT2D eigenvalue weighted by Gasteiger charge is -2.31. The van der Waals surface area contributed by atoms with Crippen LogP contribution in [0.3, 0.4) is 0 Å². The third kappa shape index (κ3) is 3.89. The Morgan fingerprint density at radius 3 is 2.53 bits per heavy atom. The van der Waals surface area contributed by atoms with E-state index < -0.39 is 0 Å². The fraction of sp³-hybridized carbons (Fsp3) is 0.200. The maximum absolute atomic E-state index is 13.4. The Kier molecular flexibility index (Phi) is 5.45. The molecule has 1 aliphatic rings. The molecule has 1 saturated heterocycles. The van der Waals surface area contributed by atoms with Crippen molar-refractivity contribution in [2.24, 2.45) is 5.92 Å². The molecule has 6 nitrogen and oxygen atoms in total. The van der Waals surface area contributed by atoms with E-state index in [-0.39, 0.29) is 17.7 Å². The first kappa shape index (κ1) is 20.4. The topological polar surface area (TPSA) is 75.2 Å². The molecular formula is C25H21ClN4O2. The average molecular weight is 445 g/mol. The standard InChI is InChI=1S/C25H21ClN4O2/c26-18-7-8-22(28-15-18)29-24(31)16-9-12-30(13-10-16)25(32)21-14-17-4-1-2-5-19(17)20-6-3-11-27-23(20)21/h1-8,11,14-16H,9-10,12-13H2,(H,28,29,31). The fourth-order valence-corrected chi connectivity index (χ4v) is 4.40. The molecule has 1 N–H and O–H groups in total. The number of amides is 2. The van der Waals surface area contributed by atoms with Crippen molar-refractivity contribution in [3.05, 3.63) is 77.6 Å². The number of halogens is 1. The van der Waals surface area contributed by atoms with Gasteiger partial charge in [-0.2, -0.15) is 0 Å². The molecule has 2 amide bonds. The number of benzene rings is 2. The van der Waals surface area contributed by atoms with Gasteiger partial charge in [-0.15, -0.1) is 0 Å². The zero-order valence-corrected chi connectivity index (χ0v) is 18.0. The second-order valence-corrected chi connectivity index (χ2v) is 8.40. The normalized spacial score (nSPS) is 14.6. The van der Waals surface area contributed by atoms with Gasteiger partial charge in [-0.3, -0.25) is 14.6 Å². The van der Waals surface area contributed by atoms with Crippen molar-refractivity contribution in [1.82, 2.24) is 14.9 Å². The minimum Gasteiger partial charge on any atom is -0.339 e. The molecule has 0 atom stereocenters. The van der Waals surface area contributed by atoms with E-state index in [2.05, 4.69) is 15.3 Å². The summed E-state index contributed by atoms with van der Waals surface area (Å²) < 4.78 is 0. The summed E-state index contributed by atoms with van der Waals surface area (Å²) in [4.78, 5) is 36.5. The van der Waals surface area contributed by atoms with Crippen LogP contribution in [0.4, 0.5) is 5.82 Å². The first-order chi connectivity index (χ1) is 15.6. The number of carbonyl (C=O) groups excluding carboxylic acids is 2. The highest BCUT2D eigenvalue weighted by atomic mass is 35.5. The second kappa shape index (κ2) is 8.55. The third-order valence-electron chi connectivity index (χ3n) is 5.98. The molecule has 1 aliphatic heterocycles. The van der Waals surface area contributed by atoms with E-state index in [0.717, 1.165) is 16.2 Å². The number of nitrogens with one attached hydrogen (secondary N) is 1. The van der Waals surface area contributed by atoms with Gasteiger partial charge < -0.3 is 10.2 Å². The average Bonchev–Trinajstić information content (AvgIpc) is 2.84. The molecule has 2 aromatic heterocycles. The molecule has 5 rings (SSSR count). The van der Waals surface area contributed by atoms with E-state index in [9.17, 15) is 9.59 Å². The predicted octanol–water partition coefficient (Wildman–Crippen LogP) is 4.93. The Morgan fingerprint density at radius 2 is 1.75 bits per heavy atom. The predicted molar refractivity (Wildman–Crippen MR) is 126 cm³/mol. The minimum atomic E-state index is -0.164. The zero-order valence-electron chi connectivity index (χ0n) is 17.3. The molecular weight excluding hydrogens is 424 g/mol. The molecule has 0 aliphatic carbocycles. The van der Waals surface area contributed by atoms with Gasteiger partial charge in [0.05, 0.1) is 16.1 Å². The van der Waals surface area contributed by atoms with Crippen molar-refractivity contribution in [3.8, 4) is 0 Å². The van der Waals surface area contributed by atoms with E-state index in [0.29, 0.717) is 47.9 Å². The second-order valence-electron chi connectivity index (χ2n) is 7.96. The first-order valence-electron chi connectivity index (χ1n) is 10.6. The molecule has 1 fully saturated rings. The summed E-state index contributed by atoms with van der Waals surface area (Å²) in [5.74, 6) is 0.192. The monoisotopic (exact) mass is 444 g/mol. The highest BCUT2D eigenvalue weighted by Gasteiger charge is 2.29. The number of nitrogens with zero attached hydrogens (tertiary/aromatic N) is 3. The van der Waals surface area contributed by atoms with E-state index in [1.54, 1.807) is 18.3 Å². The van der Waals surface area contributed by atoms with E-state index in [1.807, 2.05) is 47.4 Å². The number of anilines is 1. The number of hydrogen-bond donors (Lipinski definition) is 1. The number of rotatable bonds is 3. The van der Waals surface area contributed by atoms with Crippen LogP contribution in [-0.4, -0.2) is 39.8 Å². The Bertz CT molecular complexity index is 1310. The molecule has 0 saturated carbocycles. The van der Waals surface area contributed by atoms with Gasteiger partial charge in [0, 0.05) is 36.8 Å². The van der Waals surface area contributed by atoms with Crippen LogP contribution in [0.5, 0.6) is 0 Å². The van der Waals surface area contributed by atoms with Crippen LogP contribution in [0.1, 0.15) is 23.2 Å². The fourth-order valence-electron chi connectivity index (χ4n) is 4.29. The quantitative estimate of drug-likeness (QED) is 0.455. The SMILES string of the molecule is O=C(Nc1ccc(Cl)cn1)C1CCN(C(=O)c2cc3ccccc3c3cccnc23)CC1. The number of hydrogen-bond acceptors (Lipinski definition) is 4. The van der Waals surface area contributed by atoms with Crippen LogP contribution in [0.15, 0.2) is 67.0 Å². The molecule has 32 heavy (non-hydrogen) atoms. The summed E-state index contributed by atoms with van der Waals surface area (Å²) in [5, 5.41) is 6.42. The molecule has 0 spiro atoms. The summed E-state index contributed by atoms with van der Waals surface area (Å²) in [5.41, 5.74) is 1.32. The van der Waals surface area contributed by atoms with Gasteiger partial charge in [0.2, 0.25) is 5.91 Å². The van der Waals surface area contributed by atoms with Gasteiger partial charge >= 0.3 is 0 Å². The Morgan fingerprint density at radius 1 is 0.969 bits per heavy atom. The Labute approximate surface area is 190 Å². The number of pyridine rings is 2. The van der Waals surface area contributed by atoms with Crippen molar-refractivity contribution < 1.29 is 9.59 Å². The van der Waals surface area contributed by atoms with Crippen molar-refractivity contribution in [1.29, 1.82) is 0 Å². The van der Waals surface area contributed by atoms with Gasteiger partial charge in [-0.25, -0.2) is 4.98 Å². The summed E-state index contributed by atoms with van der Waals surface area (Å²) >= 11 is 5.84. The maximum atomic E-state index is 13.4. The molecule has 4 aromatic rings. The van der Waals surface area contributed by atoms with Gasteiger partial charge in [-0.1, -0.05) is 41.9 Å². The van der Waals surface area contributed by atoms with Crippen LogP contribution in [0.25, 0.3) is 21.7 Å². The Balaban J connectivity index is 1.33. The third-order valence-corrected chi connectivity index (χ3v) is 6.20. The number of likely N-dealkylation sites (tertiary alicyclic amines) is 1. The van der Waals surface area contributed by atoms with Crippen LogP contribution in [-0.2, 0) is 4.79 Å². The largest absolute Gasteiger partial charge is 0.339 e. The lowest BCUT2D eigenvalue weighted by atomic mass is 9.94. The van der Waals surface area contributed by atoms with Gasteiger partial charge in [0.15, 0.2) is 0 Å². The minimum absolute atomic E-state index is 0.0438. The summed E-state index contributed by atoms with van der Waals surface area (Å²) in [7, 11) is 0. The molecule has 0 unspecified atom stereocenters. The molecule has 0 bridgehead atoms. The molecule has 2 aromatic carbocycles. The molecule has 3 heterocycles. The first-order valence-corrected chi connectivity index (χ1v) is 11.0. The number of fused-ring (bicyclic) bond motifs is 3. The van der Waals surface area contributed by atoms with Crippen LogP contribution in [0, 0.1) is 5.92 Å². The van der Waals surface area contributed by atoms with Crippen LogP contribution < -0.4 is 5.32 Å². The van der Waals surface area contributed by atoms with Crippen LogP contribution in [0.2, 0.25) is 5.02 Å². The highest BCUT2D eigenvalue weighted by Crippen LogP contribution is 2.29.